The number of hydrogen-bond acceptors (Lipinski definition) is 3. The lowest BCUT2D eigenvalue weighted by Crippen LogP contribution is -2.29. The highest BCUT2D eigenvalue weighted by atomic mass is 16.6. The van der Waals surface area contributed by atoms with Crippen LogP contribution in [0.4, 0.5) is 0 Å². The van der Waals surface area contributed by atoms with E-state index in [0.717, 1.165) is 12.8 Å². The van der Waals surface area contributed by atoms with Crippen molar-refractivity contribution in [1.82, 2.24) is 0 Å². The van der Waals surface area contributed by atoms with Crippen molar-refractivity contribution in [2.45, 2.75) is 39.2 Å². The van der Waals surface area contributed by atoms with Gasteiger partial charge >= 0.3 is 5.97 Å². The molecule has 0 aliphatic rings. The van der Waals surface area contributed by atoms with Crippen molar-refractivity contribution in [1.29, 1.82) is 0 Å². The molecule has 3 nitrogen and oxygen atoms in total. The first-order chi connectivity index (χ1) is 7.43. The number of hydrogen-bond donors (Lipinski definition) is 0. The second-order valence-electron chi connectivity index (χ2n) is 4.20. The molecule has 1 unspecified atom stereocenters. The second kappa shape index (κ2) is 7.23. The van der Waals surface area contributed by atoms with Crippen molar-refractivity contribution in [2.24, 2.45) is 0 Å². The van der Waals surface area contributed by atoms with Crippen LogP contribution in [0.3, 0.4) is 0 Å². The zero-order chi connectivity index (χ0) is 12.6. The van der Waals surface area contributed by atoms with Gasteiger partial charge in [-0.05, 0) is 33.6 Å². The molecule has 0 saturated carbocycles. The van der Waals surface area contributed by atoms with Gasteiger partial charge in [-0.2, -0.15) is 0 Å². The van der Waals surface area contributed by atoms with Crippen molar-refractivity contribution in [2.75, 3.05) is 13.7 Å². The highest BCUT2D eigenvalue weighted by Crippen LogP contribution is 2.19. The van der Waals surface area contributed by atoms with Gasteiger partial charge in [0.15, 0.2) is 0 Å². The quantitative estimate of drug-likeness (QED) is 0.494. The zero-order valence-corrected chi connectivity index (χ0v) is 10.7. The molecule has 1 atom stereocenters. The zero-order valence-electron chi connectivity index (χ0n) is 10.7. The number of methoxy groups -OCH3 is 1. The first-order valence-corrected chi connectivity index (χ1v) is 5.41. The summed E-state index contributed by atoms with van der Waals surface area (Å²) >= 11 is 0. The molecular formula is C13H22O3. The predicted octanol–water partition coefficient (Wildman–Crippen LogP) is 2.87. The minimum atomic E-state index is -0.472. The molecule has 0 saturated heterocycles. The standard InChI is InChI=1S/C13H22O3/c1-6-13(4,9-7-8-11(2)3)16-10-12(14)15-5/h6,8H,1,7,9-10H2,2-5H3. The third-order valence-electron chi connectivity index (χ3n) is 2.37. The Bertz CT molecular complexity index is 264. The third-order valence-corrected chi connectivity index (χ3v) is 2.37. The molecule has 3 heteroatoms. The number of ether oxygens (including phenoxy) is 2. The Kier molecular flexibility index (Phi) is 6.74. The van der Waals surface area contributed by atoms with Crippen molar-refractivity contribution in [3.63, 3.8) is 0 Å². The fourth-order valence-corrected chi connectivity index (χ4v) is 1.16. The summed E-state index contributed by atoms with van der Waals surface area (Å²) in [6.07, 6.45) is 5.59. The van der Waals surface area contributed by atoms with Crippen LogP contribution in [-0.2, 0) is 14.3 Å². The molecular weight excluding hydrogens is 204 g/mol. The summed E-state index contributed by atoms with van der Waals surface area (Å²) in [5.41, 5.74) is 0.805. The van der Waals surface area contributed by atoms with E-state index < -0.39 is 5.60 Å². The first kappa shape index (κ1) is 14.9. The largest absolute Gasteiger partial charge is 0.467 e. The smallest absolute Gasteiger partial charge is 0.331 e. The van der Waals surface area contributed by atoms with E-state index in [4.69, 9.17) is 4.74 Å². The van der Waals surface area contributed by atoms with E-state index in [1.165, 1.54) is 12.7 Å². The van der Waals surface area contributed by atoms with Gasteiger partial charge in [0, 0.05) is 0 Å². The number of carbonyl (C=O) groups is 1. The average Bonchev–Trinajstić information content (AvgIpc) is 2.25. The van der Waals surface area contributed by atoms with Gasteiger partial charge in [0.2, 0.25) is 0 Å². The Hall–Kier alpha value is -1.09. The lowest BCUT2D eigenvalue weighted by atomic mass is 9.99. The van der Waals surface area contributed by atoms with Crippen molar-refractivity contribution < 1.29 is 14.3 Å². The van der Waals surface area contributed by atoms with Crippen LogP contribution in [0.5, 0.6) is 0 Å². The Morgan fingerprint density at radius 3 is 2.50 bits per heavy atom. The average molecular weight is 226 g/mol. The summed E-state index contributed by atoms with van der Waals surface area (Å²) in [6.45, 7) is 9.73. The topological polar surface area (TPSA) is 35.5 Å². The van der Waals surface area contributed by atoms with E-state index in [1.807, 2.05) is 6.92 Å². The van der Waals surface area contributed by atoms with Crippen molar-refractivity contribution in [3.05, 3.63) is 24.3 Å². The maximum atomic E-state index is 11.0. The van der Waals surface area contributed by atoms with Crippen LogP contribution in [0.1, 0.15) is 33.6 Å². The first-order valence-electron chi connectivity index (χ1n) is 5.41. The molecule has 92 valence electrons. The maximum absolute atomic E-state index is 11.0. The molecule has 0 fully saturated rings. The fraction of sp³-hybridized carbons (Fsp3) is 0.615. The van der Waals surface area contributed by atoms with E-state index in [2.05, 4.69) is 31.2 Å². The van der Waals surface area contributed by atoms with E-state index in [1.54, 1.807) is 6.08 Å². The highest BCUT2D eigenvalue weighted by molar-refractivity contribution is 5.70. The number of esters is 1. The molecule has 0 aromatic heterocycles. The molecule has 0 aliphatic carbocycles. The summed E-state index contributed by atoms with van der Waals surface area (Å²) in [5.74, 6) is -0.365. The summed E-state index contributed by atoms with van der Waals surface area (Å²) < 4.78 is 10.0. The van der Waals surface area contributed by atoms with Gasteiger partial charge in [-0.3, -0.25) is 0 Å². The van der Waals surface area contributed by atoms with Crippen LogP contribution in [0.2, 0.25) is 0 Å². The van der Waals surface area contributed by atoms with Gasteiger partial charge in [0.05, 0.1) is 12.7 Å². The molecule has 16 heavy (non-hydrogen) atoms. The van der Waals surface area contributed by atoms with E-state index in [9.17, 15) is 4.79 Å². The molecule has 0 amide bonds. The maximum Gasteiger partial charge on any atom is 0.331 e. The van der Waals surface area contributed by atoms with Crippen LogP contribution in [0.15, 0.2) is 24.3 Å². The number of rotatable bonds is 7. The number of carbonyl (C=O) groups excluding carboxylic acids is 1. The SMILES string of the molecule is C=CC(C)(CCC=C(C)C)OCC(=O)OC. The second-order valence-corrected chi connectivity index (χ2v) is 4.20. The fourth-order valence-electron chi connectivity index (χ4n) is 1.16. The Balaban J connectivity index is 4.15. The van der Waals surface area contributed by atoms with E-state index in [-0.39, 0.29) is 12.6 Å². The molecule has 0 radical (unpaired) electrons. The molecule has 0 heterocycles. The minimum absolute atomic E-state index is 0.0339. The van der Waals surface area contributed by atoms with Gasteiger partial charge < -0.3 is 9.47 Å². The summed E-state index contributed by atoms with van der Waals surface area (Å²) in [6, 6.07) is 0. The van der Waals surface area contributed by atoms with Gasteiger partial charge in [-0.15, -0.1) is 6.58 Å². The van der Waals surface area contributed by atoms with E-state index >= 15 is 0 Å². The molecule has 0 rings (SSSR count). The Morgan fingerprint density at radius 1 is 1.44 bits per heavy atom. The van der Waals surface area contributed by atoms with E-state index in [0.29, 0.717) is 0 Å². The molecule has 0 N–H and O–H groups in total. The normalized spacial score (nSPS) is 13.8. The Morgan fingerprint density at radius 2 is 2.06 bits per heavy atom. The van der Waals surface area contributed by atoms with Gasteiger partial charge in [-0.1, -0.05) is 17.7 Å². The third kappa shape index (κ3) is 6.40. The lowest BCUT2D eigenvalue weighted by molar-refractivity contribution is -0.150. The monoisotopic (exact) mass is 226 g/mol. The van der Waals surface area contributed by atoms with Crippen LogP contribution in [0.25, 0.3) is 0 Å². The number of allylic oxidation sites excluding steroid dienone is 2. The lowest BCUT2D eigenvalue weighted by Gasteiger charge is -2.25. The Labute approximate surface area is 98.1 Å². The molecule has 0 aromatic carbocycles. The van der Waals surface area contributed by atoms with Crippen LogP contribution in [-0.4, -0.2) is 25.3 Å². The highest BCUT2D eigenvalue weighted by Gasteiger charge is 2.21. The molecule has 0 aliphatic heterocycles. The van der Waals surface area contributed by atoms with Gasteiger partial charge in [0.25, 0.3) is 0 Å². The molecule has 0 aromatic rings. The molecule has 0 spiro atoms. The molecule has 0 bridgehead atoms. The minimum Gasteiger partial charge on any atom is -0.467 e. The van der Waals surface area contributed by atoms with Crippen LogP contribution >= 0.6 is 0 Å². The van der Waals surface area contributed by atoms with Gasteiger partial charge in [-0.25, -0.2) is 4.79 Å². The summed E-state index contributed by atoms with van der Waals surface area (Å²) in [7, 11) is 1.35. The summed E-state index contributed by atoms with van der Waals surface area (Å²) in [5, 5.41) is 0. The van der Waals surface area contributed by atoms with Crippen molar-refractivity contribution >= 4 is 5.97 Å². The summed E-state index contributed by atoms with van der Waals surface area (Å²) in [4.78, 5) is 11.0. The predicted molar refractivity (Wildman–Crippen MR) is 65.2 cm³/mol. The van der Waals surface area contributed by atoms with Crippen LogP contribution < -0.4 is 0 Å². The van der Waals surface area contributed by atoms with Gasteiger partial charge in [0.1, 0.15) is 6.61 Å². The van der Waals surface area contributed by atoms with Crippen LogP contribution in [0, 0.1) is 0 Å². The van der Waals surface area contributed by atoms with Crippen molar-refractivity contribution in [3.8, 4) is 0 Å².